The van der Waals surface area contributed by atoms with E-state index in [0.29, 0.717) is 5.75 Å². The molecule has 1 fully saturated rings. The van der Waals surface area contributed by atoms with Crippen molar-refractivity contribution in [1.29, 1.82) is 0 Å². The van der Waals surface area contributed by atoms with E-state index in [-0.39, 0.29) is 0 Å². The van der Waals surface area contributed by atoms with Crippen LogP contribution in [0.5, 0.6) is 5.75 Å². The van der Waals surface area contributed by atoms with Gasteiger partial charge in [-0.3, -0.25) is 0 Å². The molecule has 2 heteroatoms. The number of phenolic OH excluding ortho intramolecular Hbond substituents is 1. The van der Waals surface area contributed by atoms with Crippen molar-refractivity contribution in [2.45, 2.75) is 19.3 Å². The summed E-state index contributed by atoms with van der Waals surface area (Å²) >= 11 is 0. The number of rotatable bonds is 1. The van der Waals surface area contributed by atoms with Crippen molar-refractivity contribution in [3.63, 3.8) is 0 Å². The highest BCUT2D eigenvalue weighted by Crippen LogP contribution is 2.33. The number of phenols is 1. The first kappa shape index (κ1) is 10.5. The molecule has 2 aromatic rings. The van der Waals surface area contributed by atoms with Crippen LogP contribution in [-0.2, 0) is 0 Å². The Kier molecular flexibility index (Phi) is 2.63. The molecule has 88 valence electrons. The van der Waals surface area contributed by atoms with Crippen molar-refractivity contribution in [3.8, 4) is 5.75 Å². The molecular formula is C15H17NO. The highest BCUT2D eigenvalue weighted by Gasteiger charge is 2.14. The predicted molar refractivity (Wildman–Crippen MR) is 71.7 cm³/mol. The molecule has 1 aliphatic heterocycles. The molecule has 0 bridgehead atoms. The van der Waals surface area contributed by atoms with E-state index >= 15 is 0 Å². The Bertz CT molecular complexity index is 529. The number of benzene rings is 2. The van der Waals surface area contributed by atoms with Crippen LogP contribution in [0.4, 0.5) is 5.69 Å². The summed E-state index contributed by atoms with van der Waals surface area (Å²) in [5.41, 5.74) is 1.26. The lowest BCUT2D eigenvalue weighted by molar-refractivity contribution is 0.481. The zero-order valence-electron chi connectivity index (χ0n) is 9.89. The highest BCUT2D eigenvalue weighted by molar-refractivity contribution is 5.98. The summed E-state index contributed by atoms with van der Waals surface area (Å²) in [5.74, 6) is 0.376. The standard InChI is InChI=1S/C15H17NO/c17-15-9-8-14(16-10-4-1-5-11-16)12-6-2-3-7-13(12)15/h2-3,6-9,17H,1,4-5,10-11H2. The van der Waals surface area contributed by atoms with Crippen LogP contribution in [0.1, 0.15) is 19.3 Å². The quantitative estimate of drug-likeness (QED) is 0.805. The SMILES string of the molecule is Oc1ccc(N2CCCCC2)c2ccccc12. The maximum atomic E-state index is 9.88. The highest BCUT2D eigenvalue weighted by atomic mass is 16.3. The van der Waals surface area contributed by atoms with Gasteiger partial charge in [-0.05, 0) is 31.4 Å². The van der Waals surface area contributed by atoms with Gasteiger partial charge in [0.05, 0.1) is 0 Å². The largest absolute Gasteiger partial charge is 0.507 e. The Balaban J connectivity index is 2.12. The molecule has 0 radical (unpaired) electrons. The van der Waals surface area contributed by atoms with Gasteiger partial charge in [0.1, 0.15) is 5.75 Å². The fraction of sp³-hybridized carbons (Fsp3) is 0.333. The Hall–Kier alpha value is -1.70. The molecule has 0 saturated carbocycles. The van der Waals surface area contributed by atoms with Gasteiger partial charge in [0, 0.05) is 29.5 Å². The molecule has 0 atom stereocenters. The summed E-state index contributed by atoms with van der Waals surface area (Å²) < 4.78 is 0. The third-order valence-corrected chi connectivity index (χ3v) is 3.57. The summed E-state index contributed by atoms with van der Waals surface area (Å²) in [6.07, 6.45) is 3.89. The normalized spacial score (nSPS) is 16.4. The van der Waals surface area contributed by atoms with Gasteiger partial charge in [-0.15, -0.1) is 0 Å². The van der Waals surface area contributed by atoms with Crippen molar-refractivity contribution >= 4 is 16.5 Å². The first-order valence-electron chi connectivity index (χ1n) is 6.32. The van der Waals surface area contributed by atoms with Crippen molar-refractivity contribution in [2.24, 2.45) is 0 Å². The average Bonchev–Trinajstić information content (AvgIpc) is 2.41. The van der Waals surface area contributed by atoms with Crippen LogP contribution in [0.15, 0.2) is 36.4 Å². The third-order valence-electron chi connectivity index (χ3n) is 3.57. The van der Waals surface area contributed by atoms with E-state index in [2.05, 4.69) is 11.0 Å². The molecule has 2 aromatic carbocycles. The lowest BCUT2D eigenvalue weighted by Gasteiger charge is -2.30. The molecular weight excluding hydrogens is 210 g/mol. The zero-order valence-corrected chi connectivity index (χ0v) is 9.89. The van der Waals surface area contributed by atoms with Gasteiger partial charge < -0.3 is 10.0 Å². The molecule has 0 spiro atoms. The van der Waals surface area contributed by atoms with Gasteiger partial charge in [0.25, 0.3) is 0 Å². The third kappa shape index (κ3) is 1.84. The maximum Gasteiger partial charge on any atom is 0.123 e. The molecule has 0 aromatic heterocycles. The fourth-order valence-corrected chi connectivity index (χ4v) is 2.68. The Morgan fingerprint density at radius 2 is 1.53 bits per heavy atom. The van der Waals surface area contributed by atoms with Crippen molar-refractivity contribution in [1.82, 2.24) is 0 Å². The maximum absolute atomic E-state index is 9.88. The number of hydrogen-bond acceptors (Lipinski definition) is 2. The van der Waals surface area contributed by atoms with E-state index in [1.807, 2.05) is 30.3 Å². The number of fused-ring (bicyclic) bond motifs is 1. The van der Waals surface area contributed by atoms with Crippen LogP contribution in [-0.4, -0.2) is 18.2 Å². The second-order valence-corrected chi connectivity index (χ2v) is 4.70. The second-order valence-electron chi connectivity index (χ2n) is 4.70. The summed E-state index contributed by atoms with van der Waals surface area (Å²) in [5, 5.41) is 12.0. The van der Waals surface area contributed by atoms with E-state index in [0.717, 1.165) is 23.9 Å². The minimum absolute atomic E-state index is 0.376. The first-order valence-corrected chi connectivity index (χ1v) is 6.32. The van der Waals surface area contributed by atoms with E-state index in [9.17, 15) is 5.11 Å². The molecule has 1 aliphatic rings. The smallest absolute Gasteiger partial charge is 0.123 e. The van der Waals surface area contributed by atoms with Crippen LogP contribution in [0.2, 0.25) is 0 Å². The molecule has 17 heavy (non-hydrogen) atoms. The minimum atomic E-state index is 0.376. The number of nitrogens with zero attached hydrogens (tertiary/aromatic N) is 1. The van der Waals surface area contributed by atoms with Crippen LogP contribution < -0.4 is 4.90 Å². The van der Waals surface area contributed by atoms with Crippen LogP contribution in [0, 0.1) is 0 Å². The fourth-order valence-electron chi connectivity index (χ4n) is 2.68. The van der Waals surface area contributed by atoms with E-state index in [1.54, 1.807) is 0 Å². The number of hydrogen-bond donors (Lipinski definition) is 1. The van der Waals surface area contributed by atoms with Gasteiger partial charge in [-0.1, -0.05) is 24.3 Å². The second kappa shape index (κ2) is 4.28. The molecule has 1 saturated heterocycles. The summed E-state index contributed by atoms with van der Waals surface area (Å²) in [6, 6.07) is 11.9. The van der Waals surface area contributed by atoms with Crippen LogP contribution in [0.3, 0.4) is 0 Å². The van der Waals surface area contributed by atoms with E-state index < -0.39 is 0 Å². The minimum Gasteiger partial charge on any atom is -0.507 e. The molecule has 1 N–H and O–H groups in total. The molecule has 1 heterocycles. The average molecular weight is 227 g/mol. The number of piperidine rings is 1. The van der Waals surface area contributed by atoms with Crippen molar-refractivity contribution < 1.29 is 5.11 Å². The molecule has 0 unspecified atom stereocenters. The van der Waals surface area contributed by atoms with Crippen LogP contribution in [0.25, 0.3) is 10.8 Å². The van der Waals surface area contributed by atoms with E-state index in [4.69, 9.17) is 0 Å². The van der Waals surface area contributed by atoms with Crippen LogP contribution >= 0.6 is 0 Å². The van der Waals surface area contributed by atoms with Gasteiger partial charge in [0.2, 0.25) is 0 Å². The zero-order chi connectivity index (χ0) is 11.7. The summed E-state index contributed by atoms with van der Waals surface area (Å²) in [4.78, 5) is 2.44. The summed E-state index contributed by atoms with van der Waals surface area (Å²) in [7, 11) is 0. The lowest BCUT2D eigenvalue weighted by Crippen LogP contribution is -2.29. The van der Waals surface area contributed by atoms with Gasteiger partial charge in [-0.25, -0.2) is 0 Å². The Labute approximate surface area is 101 Å². The molecule has 2 nitrogen and oxygen atoms in total. The Morgan fingerprint density at radius 1 is 0.824 bits per heavy atom. The van der Waals surface area contributed by atoms with Gasteiger partial charge in [-0.2, -0.15) is 0 Å². The topological polar surface area (TPSA) is 23.5 Å². The number of anilines is 1. The summed E-state index contributed by atoms with van der Waals surface area (Å²) in [6.45, 7) is 2.27. The first-order chi connectivity index (χ1) is 8.36. The molecule has 0 aliphatic carbocycles. The monoisotopic (exact) mass is 227 g/mol. The van der Waals surface area contributed by atoms with Crippen molar-refractivity contribution in [2.75, 3.05) is 18.0 Å². The number of aromatic hydroxyl groups is 1. The lowest BCUT2D eigenvalue weighted by atomic mass is 10.0. The Morgan fingerprint density at radius 3 is 2.29 bits per heavy atom. The molecule has 0 amide bonds. The molecule has 3 rings (SSSR count). The predicted octanol–water partition coefficient (Wildman–Crippen LogP) is 3.54. The van der Waals surface area contributed by atoms with Gasteiger partial charge in [0.15, 0.2) is 0 Å². The van der Waals surface area contributed by atoms with Crippen molar-refractivity contribution in [3.05, 3.63) is 36.4 Å². The van der Waals surface area contributed by atoms with Gasteiger partial charge >= 0.3 is 0 Å². The van der Waals surface area contributed by atoms with E-state index in [1.165, 1.54) is 24.9 Å².